The van der Waals surface area contributed by atoms with Crippen LogP contribution in [0.5, 0.6) is 0 Å². The van der Waals surface area contributed by atoms with Gasteiger partial charge in [-0.05, 0) is 18.2 Å². The highest BCUT2D eigenvalue weighted by molar-refractivity contribution is 7.92. The Morgan fingerprint density at radius 3 is 2.53 bits per heavy atom. The molecule has 4 nitrogen and oxygen atoms in total. The maximum Gasteiger partial charge on any atom is 0.265 e. The highest BCUT2D eigenvalue weighted by atomic mass is 35.5. The number of aromatic nitrogens is 1. The Hall–Kier alpha value is -1.73. The zero-order valence-electron chi connectivity index (χ0n) is 9.27. The fourth-order valence-electron chi connectivity index (χ4n) is 1.35. The maximum absolute atomic E-state index is 13.4. The molecule has 8 heteroatoms. The number of halogens is 3. The van der Waals surface area contributed by atoms with E-state index in [1.807, 2.05) is 4.72 Å². The molecular weight excluding hydrogens is 298 g/mol. The third-order valence-electron chi connectivity index (χ3n) is 2.14. The summed E-state index contributed by atoms with van der Waals surface area (Å²) in [5.74, 6) is -2.11. The molecule has 2 aromatic rings. The first-order chi connectivity index (χ1) is 8.88. The van der Waals surface area contributed by atoms with Crippen LogP contribution in [0.25, 0.3) is 0 Å². The molecule has 100 valence electrons. The van der Waals surface area contributed by atoms with Crippen LogP contribution in [0.15, 0.2) is 41.4 Å². The van der Waals surface area contributed by atoms with Crippen molar-refractivity contribution in [1.29, 1.82) is 0 Å². The normalized spacial score (nSPS) is 11.3. The van der Waals surface area contributed by atoms with Crippen LogP contribution in [0.2, 0.25) is 5.02 Å². The monoisotopic (exact) mass is 304 g/mol. The van der Waals surface area contributed by atoms with Crippen LogP contribution >= 0.6 is 11.6 Å². The highest BCUT2D eigenvalue weighted by Gasteiger charge is 2.20. The second-order valence-corrected chi connectivity index (χ2v) is 5.63. The van der Waals surface area contributed by atoms with E-state index < -0.39 is 26.6 Å². The molecule has 0 atom stereocenters. The molecule has 0 saturated heterocycles. The molecule has 0 radical (unpaired) electrons. The van der Waals surface area contributed by atoms with E-state index in [2.05, 4.69) is 4.98 Å². The summed E-state index contributed by atoms with van der Waals surface area (Å²) in [6, 6.07) is 4.89. The van der Waals surface area contributed by atoms with Crippen molar-refractivity contribution in [2.24, 2.45) is 0 Å². The van der Waals surface area contributed by atoms with Crippen LogP contribution in [-0.4, -0.2) is 13.4 Å². The molecule has 0 aliphatic rings. The number of hydrogen-bond donors (Lipinski definition) is 1. The summed E-state index contributed by atoms with van der Waals surface area (Å²) in [5, 5.41) is 0.271. The third-order valence-corrected chi connectivity index (χ3v) is 3.77. The van der Waals surface area contributed by atoms with Crippen molar-refractivity contribution >= 4 is 27.4 Å². The topological polar surface area (TPSA) is 59.1 Å². The van der Waals surface area contributed by atoms with Crippen LogP contribution in [0.1, 0.15) is 0 Å². The molecule has 0 saturated carbocycles. The number of nitrogens with one attached hydrogen (secondary N) is 1. The van der Waals surface area contributed by atoms with Crippen molar-refractivity contribution in [1.82, 2.24) is 4.98 Å². The molecule has 1 aromatic carbocycles. The highest BCUT2D eigenvalue weighted by Crippen LogP contribution is 2.20. The molecule has 0 aliphatic carbocycles. The quantitative estimate of drug-likeness (QED) is 0.948. The fraction of sp³-hybridized carbons (Fsp3) is 0. The van der Waals surface area contributed by atoms with Crippen LogP contribution in [-0.2, 0) is 10.0 Å². The standard InChI is InChI=1S/C11H7ClF2N2O2S/c12-7-3-4-15-11(5-7)16-19(17,18)10-2-1-8(13)6-9(10)14/h1-6H,(H,15,16). The molecular formula is C11H7ClF2N2O2S. The lowest BCUT2D eigenvalue weighted by Crippen LogP contribution is -2.15. The molecule has 0 spiro atoms. The van der Waals surface area contributed by atoms with Crippen LogP contribution in [0.3, 0.4) is 0 Å². The van der Waals surface area contributed by atoms with Gasteiger partial charge in [-0.3, -0.25) is 4.72 Å². The van der Waals surface area contributed by atoms with Crippen LogP contribution in [0.4, 0.5) is 14.6 Å². The van der Waals surface area contributed by atoms with Crippen molar-refractivity contribution in [3.63, 3.8) is 0 Å². The maximum atomic E-state index is 13.4. The van der Waals surface area contributed by atoms with Gasteiger partial charge < -0.3 is 0 Å². The minimum atomic E-state index is -4.19. The van der Waals surface area contributed by atoms with Gasteiger partial charge in [-0.2, -0.15) is 0 Å². The largest absolute Gasteiger partial charge is 0.265 e. The number of nitrogens with zero attached hydrogens (tertiary/aromatic N) is 1. The summed E-state index contributed by atoms with van der Waals surface area (Å²) >= 11 is 5.67. The number of benzene rings is 1. The van der Waals surface area contributed by atoms with Crippen molar-refractivity contribution in [3.05, 3.63) is 53.2 Å². The van der Waals surface area contributed by atoms with Gasteiger partial charge in [0.1, 0.15) is 22.3 Å². The minimum Gasteiger partial charge on any atom is -0.263 e. The summed E-state index contributed by atoms with van der Waals surface area (Å²) in [6.45, 7) is 0. The second kappa shape index (κ2) is 5.10. The Kier molecular flexibility index (Phi) is 3.68. The lowest BCUT2D eigenvalue weighted by Gasteiger charge is -2.08. The summed E-state index contributed by atoms with van der Waals surface area (Å²) in [4.78, 5) is 3.06. The lowest BCUT2D eigenvalue weighted by atomic mass is 10.3. The Balaban J connectivity index is 2.38. The Labute approximate surface area is 113 Å². The van der Waals surface area contributed by atoms with Gasteiger partial charge in [-0.15, -0.1) is 0 Å². The number of sulfonamides is 1. The summed E-state index contributed by atoms with van der Waals surface area (Å²) in [7, 11) is -4.19. The molecule has 0 unspecified atom stereocenters. The molecule has 0 fully saturated rings. The van der Waals surface area contributed by atoms with Crippen LogP contribution < -0.4 is 4.72 Å². The van der Waals surface area contributed by atoms with E-state index in [-0.39, 0.29) is 10.8 Å². The molecule has 2 rings (SSSR count). The van der Waals surface area contributed by atoms with E-state index in [4.69, 9.17) is 11.6 Å². The lowest BCUT2D eigenvalue weighted by molar-refractivity contribution is 0.551. The molecule has 0 bridgehead atoms. The molecule has 19 heavy (non-hydrogen) atoms. The SMILES string of the molecule is O=S(=O)(Nc1cc(Cl)ccn1)c1ccc(F)cc1F. The van der Waals surface area contributed by atoms with Gasteiger partial charge in [0.25, 0.3) is 10.0 Å². The zero-order chi connectivity index (χ0) is 14.0. The van der Waals surface area contributed by atoms with E-state index in [9.17, 15) is 17.2 Å². The van der Waals surface area contributed by atoms with Gasteiger partial charge in [0.15, 0.2) is 0 Å². The number of pyridine rings is 1. The summed E-state index contributed by atoms with van der Waals surface area (Å²) < 4.78 is 52.0. The van der Waals surface area contributed by atoms with E-state index in [1.165, 1.54) is 18.3 Å². The van der Waals surface area contributed by atoms with Gasteiger partial charge in [-0.1, -0.05) is 11.6 Å². The van der Waals surface area contributed by atoms with Crippen molar-refractivity contribution < 1.29 is 17.2 Å². The fourth-order valence-corrected chi connectivity index (χ4v) is 2.57. The Morgan fingerprint density at radius 1 is 1.16 bits per heavy atom. The third kappa shape index (κ3) is 3.18. The smallest absolute Gasteiger partial charge is 0.263 e. The first kappa shape index (κ1) is 13.7. The van der Waals surface area contributed by atoms with E-state index in [1.54, 1.807) is 0 Å². The van der Waals surface area contributed by atoms with E-state index in [0.29, 0.717) is 6.07 Å². The zero-order valence-corrected chi connectivity index (χ0v) is 10.8. The summed E-state index contributed by atoms with van der Waals surface area (Å²) in [6.07, 6.45) is 1.29. The minimum absolute atomic E-state index is 0.0591. The van der Waals surface area contributed by atoms with E-state index >= 15 is 0 Å². The van der Waals surface area contributed by atoms with Crippen molar-refractivity contribution in [2.75, 3.05) is 4.72 Å². The summed E-state index contributed by atoms with van der Waals surface area (Å²) in [5.41, 5.74) is 0. The number of rotatable bonds is 3. The number of anilines is 1. The van der Waals surface area contributed by atoms with Crippen LogP contribution in [0, 0.1) is 11.6 Å². The average molecular weight is 305 g/mol. The Morgan fingerprint density at radius 2 is 1.89 bits per heavy atom. The predicted molar refractivity (Wildman–Crippen MR) is 66.4 cm³/mol. The van der Waals surface area contributed by atoms with Gasteiger partial charge in [0, 0.05) is 23.4 Å². The van der Waals surface area contributed by atoms with Gasteiger partial charge in [0.05, 0.1) is 0 Å². The predicted octanol–water partition coefficient (Wildman–Crippen LogP) is 2.81. The molecule has 1 heterocycles. The first-order valence-electron chi connectivity index (χ1n) is 4.98. The second-order valence-electron chi connectivity index (χ2n) is 3.54. The van der Waals surface area contributed by atoms with E-state index in [0.717, 1.165) is 12.1 Å². The van der Waals surface area contributed by atoms with Gasteiger partial charge in [0.2, 0.25) is 0 Å². The van der Waals surface area contributed by atoms with Gasteiger partial charge >= 0.3 is 0 Å². The number of hydrogen-bond acceptors (Lipinski definition) is 3. The average Bonchev–Trinajstić information content (AvgIpc) is 2.27. The molecule has 1 N–H and O–H groups in total. The molecule has 0 amide bonds. The Bertz CT molecular complexity index is 722. The molecule has 1 aromatic heterocycles. The molecule has 0 aliphatic heterocycles. The van der Waals surface area contributed by atoms with Crippen molar-refractivity contribution in [2.45, 2.75) is 4.90 Å². The van der Waals surface area contributed by atoms with Crippen molar-refractivity contribution in [3.8, 4) is 0 Å². The first-order valence-corrected chi connectivity index (χ1v) is 6.84. The van der Waals surface area contributed by atoms with Gasteiger partial charge in [-0.25, -0.2) is 22.2 Å².